The minimum absolute atomic E-state index is 0.311. The predicted octanol–water partition coefficient (Wildman–Crippen LogP) is 0.897. The van der Waals surface area contributed by atoms with Crippen molar-refractivity contribution in [2.45, 2.75) is 25.7 Å². The summed E-state index contributed by atoms with van der Waals surface area (Å²) in [4.78, 5) is 14.0. The third-order valence-corrected chi connectivity index (χ3v) is 2.93. The lowest BCUT2D eigenvalue weighted by Gasteiger charge is -2.28. The molecule has 0 radical (unpaired) electrons. The van der Waals surface area contributed by atoms with Crippen LogP contribution in [0.15, 0.2) is 0 Å². The lowest BCUT2D eigenvalue weighted by atomic mass is 9.92. The van der Waals surface area contributed by atoms with E-state index in [1.54, 1.807) is 0 Å². The standard InChI is InChI=1S/C11H22N2O/c1-12-7-3-6-11(14)10-5-4-8-13(2)9-10/h10,12H,3-9H2,1-2H3. The third-order valence-electron chi connectivity index (χ3n) is 2.93. The van der Waals surface area contributed by atoms with Gasteiger partial charge in [-0.2, -0.15) is 0 Å². The molecule has 1 fully saturated rings. The highest BCUT2D eigenvalue weighted by Gasteiger charge is 2.22. The van der Waals surface area contributed by atoms with Crippen LogP contribution >= 0.6 is 0 Å². The Balaban J connectivity index is 2.22. The van der Waals surface area contributed by atoms with Crippen LogP contribution < -0.4 is 5.32 Å². The zero-order chi connectivity index (χ0) is 10.4. The summed E-state index contributed by atoms with van der Waals surface area (Å²) >= 11 is 0. The molecule has 0 spiro atoms. The normalized spacial score (nSPS) is 23.7. The van der Waals surface area contributed by atoms with E-state index in [0.29, 0.717) is 11.7 Å². The Morgan fingerprint density at radius 2 is 2.36 bits per heavy atom. The maximum Gasteiger partial charge on any atom is 0.137 e. The molecule has 0 aromatic rings. The Kier molecular flexibility index (Phi) is 5.12. The summed E-state index contributed by atoms with van der Waals surface area (Å²) in [6, 6.07) is 0. The number of hydrogen-bond donors (Lipinski definition) is 1. The monoisotopic (exact) mass is 198 g/mol. The van der Waals surface area contributed by atoms with Gasteiger partial charge in [0.25, 0.3) is 0 Å². The number of carbonyl (C=O) groups is 1. The molecule has 3 heteroatoms. The van der Waals surface area contributed by atoms with Gasteiger partial charge in [-0.25, -0.2) is 0 Å². The summed E-state index contributed by atoms with van der Waals surface area (Å²) in [5.41, 5.74) is 0. The second-order valence-electron chi connectivity index (χ2n) is 4.27. The van der Waals surface area contributed by atoms with Gasteiger partial charge in [-0.15, -0.1) is 0 Å². The van der Waals surface area contributed by atoms with Crippen LogP contribution in [0.25, 0.3) is 0 Å². The van der Waals surface area contributed by atoms with E-state index in [1.807, 2.05) is 7.05 Å². The van der Waals surface area contributed by atoms with E-state index in [4.69, 9.17) is 0 Å². The first-order valence-corrected chi connectivity index (χ1v) is 5.60. The predicted molar refractivity (Wildman–Crippen MR) is 58.4 cm³/mol. The molecule has 3 nitrogen and oxygen atoms in total. The first-order valence-electron chi connectivity index (χ1n) is 5.60. The Morgan fingerprint density at radius 3 is 3.00 bits per heavy atom. The van der Waals surface area contributed by atoms with Crippen molar-refractivity contribution in [1.82, 2.24) is 10.2 Å². The van der Waals surface area contributed by atoms with Gasteiger partial charge in [0, 0.05) is 18.9 Å². The Hall–Kier alpha value is -0.410. The smallest absolute Gasteiger partial charge is 0.137 e. The molecule has 1 N–H and O–H groups in total. The van der Waals surface area contributed by atoms with Crippen LogP contribution in [-0.4, -0.2) is 44.4 Å². The van der Waals surface area contributed by atoms with E-state index in [1.165, 1.54) is 6.42 Å². The maximum absolute atomic E-state index is 11.8. The average molecular weight is 198 g/mol. The van der Waals surface area contributed by atoms with Gasteiger partial charge in [0.05, 0.1) is 0 Å². The van der Waals surface area contributed by atoms with Crippen molar-refractivity contribution in [3.8, 4) is 0 Å². The molecule has 1 aliphatic heterocycles. The lowest BCUT2D eigenvalue weighted by Crippen LogP contribution is -2.36. The van der Waals surface area contributed by atoms with E-state index in [2.05, 4.69) is 17.3 Å². The average Bonchev–Trinajstić information content (AvgIpc) is 2.18. The van der Waals surface area contributed by atoms with Crippen LogP contribution in [0.1, 0.15) is 25.7 Å². The molecular formula is C11H22N2O. The fourth-order valence-electron chi connectivity index (χ4n) is 2.07. The summed E-state index contributed by atoms with van der Waals surface area (Å²) in [5, 5.41) is 3.07. The lowest BCUT2D eigenvalue weighted by molar-refractivity contribution is -0.124. The Bertz CT molecular complexity index is 182. The highest BCUT2D eigenvalue weighted by molar-refractivity contribution is 5.81. The molecular weight excluding hydrogens is 176 g/mol. The first-order chi connectivity index (χ1) is 6.74. The molecule has 0 saturated carbocycles. The van der Waals surface area contributed by atoms with Crippen LogP contribution in [0.4, 0.5) is 0 Å². The summed E-state index contributed by atoms with van der Waals surface area (Å²) < 4.78 is 0. The van der Waals surface area contributed by atoms with Gasteiger partial charge >= 0.3 is 0 Å². The molecule has 0 aromatic heterocycles. The number of nitrogens with one attached hydrogen (secondary N) is 1. The fourth-order valence-corrected chi connectivity index (χ4v) is 2.07. The van der Waals surface area contributed by atoms with Gasteiger partial charge in [-0.05, 0) is 46.4 Å². The van der Waals surface area contributed by atoms with Crippen molar-refractivity contribution < 1.29 is 4.79 Å². The van der Waals surface area contributed by atoms with Crippen molar-refractivity contribution in [2.24, 2.45) is 5.92 Å². The van der Waals surface area contributed by atoms with Crippen molar-refractivity contribution in [2.75, 3.05) is 33.7 Å². The molecule has 82 valence electrons. The van der Waals surface area contributed by atoms with Crippen molar-refractivity contribution in [3.05, 3.63) is 0 Å². The van der Waals surface area contributed by atoms with E-state index in [-0.39, 0.29) is 0 Å². The van der Waals surface area contributed by atoms with Crippen LogP contribution in [0.2, 0.25) is 0 Å². The topological polar surface area (TPSA) is 32.3 Å². The fraction of sp³-hybridized carbons (Fsp3) is 0.909. The molecule has 0 aromatic carbocycles. The zero-order valence-electron chi connectivity index (χ0n) is 9.38. The second kappa shape index (κ2) is 6.14. The molecule has 14 heavy (non-hydrogen) atoms. The number of rotatable bonds is 5. The van der Waals surface area contributed by atoms with E-state index < -0.39 is 0 Å². The molecule has 1 heterocycles. The number of likely N-dealkylation sites (tertiary alicyclic amines) is 1. The van der Waals surface area contributed by atoms with Gasteiger partial charge in [-0.3, -0.25) is 4.79 Å². The summed E-state index contributed by atoms with van der Waals surface area (Å²) in [6.07, 6.45) is 4.01. The molecule has 1 unspecified atom stereocenters. The van der Waals surface area contributed by atoms with Crippen molar-refractivity contribution in [1.29, 1.82) is 0 Å². The molecule has 1 rings (SSSR count). The SMILES string of the molecule is CNCCCC(=O)C1CCCN(C)C1. The van der Waals surface area contributed by atoms with Crippen molar-refractivity contribution in [3.63, 3.8) is 0 Å². The quantitative estimate of drug-likeness (QED) is 0.666. The molecule has 1 aliphatic rings. The van der Waals surface area contributed by atoms with Crippen LogP contribution in [0.5, 0.6) is 0 Å². The van der Waals surface area contributed by atoms with Crippen molar-refractivity contribution >= 4 is 5.78 Å². The summed E-state index contributed by atoms with van der Waals surface area (Å²) in [5.74, 6) is 0.775. The van der Waals surface area contributed by atoms with E-state index in [9.17, 15) is 4.79 Å². The Morgan fingerprint density at radius 1 is 1.57 bits per heavy atom. The van der Waals surface area contributed by atoms with E-state index >= 15 is 0 Å². The van der Waals surface area contributed by atoms with Gasteiger partial charge in [0.15, 0.2) is 0 Å². The minimum atomic E-state index is 0.311. The third kappa shape index (κ3) is 3.76. The van der Waals surface area contributed by atoms with Gasteiger partial charge < -0.3 is 10.2 Å². The highest BCUT2D eigenvalue weighted by atomic mass is 16.1. The Labute approximate surface area is 86.9 Å². The van der Waals surface area contributed by atoms with Gasteiger partial charge in [0.2, 0.25) is 0 Å². The maximum atomic E-state index is 11.8. The first kappa shape index (κ1) is 11.7. The number of Topliss-reactive ketones (excluding diaryl/α,β-unsaturated/α-hetero) is 1. The zero-order valence-corrected chi connectivity index (χ0v) is 9.38. The molecule has 1 saturated heterocycles. The minimum Gasteiger partial charge on any atom is -0.320 e. The van der Waals surface area contributed by atoms with Gasteiger partial charge in [-0.1, -0.05) is 0 Å². The number of nitrogens with zero attached hydrogens (tertiary/aromatic N) is 1. The molecule has 0 bridgehead atoms. The molecule has 0 amide bonds. The summed E-state index contributed by atoms with van der Waals surface area (Å²) in [7, 11) is 4.03. The molecule has 0 aliphatic carbocycles. The largest absolute Gasteiger partial charge is 0.320 e. The van der Waals surface area contributed by atoms with Gasteiger partial charge in [0.1, 0.15) is 5.78 Å². The second-order valence-corrected chi connectivity index (χ2v) is 4.27. The summed E-state index contributed by atoms with van der Waals surface area (Å²) in [6.45, 7) is 3.08. The van der Waals surface area contributed by atoms with Crippen LogP contribution in [0.3, 0.4) is 0 Å². The molecule has 1 atom stereocenters. The number of piperidine rings is 1. The number of hydrogen-bond acceptors (Lipinski definition) is 3. The van der Waals surface area contributed by atoms with E-state index in [0.717, 1.165) is 38.9 Å². The van der Waals surface area contributed by atoms with Crippen LogP contribution in [0, 0.1) is 5.92 Å². The van der Waals surface area contributed by atoms with Crippen LogP contribution in [-0.2, 0) is 4.79 Å². The number of ketones is 1. The number of carbonyl (C=O) groups excluding carboxylic acids is 1. The highest BCUT2D eigenvalue weighted by Crippen LogP contribution is 2.17.